The first-order chi connectivity index (χ1) is 8.33. The van der Waals surface area contributed by atoms with Crippen LogP contribution < -0.4 is 5.32 Å². The molecule has 1 aromatic carbocycles. The summed E-state index contributed by atoms with van der Waals surface area (Å²) in [6, 6.07) is 8.28. The molecule has 1 rings (SSSR count). The summed E-state index contributed by atoms with van der Waals surface area (Å²) >= 11 is 0. The van der Waals surface area contributed by atoms with Gasteiger partial charge >= 0.3 is 0 Å². The van der Waals surface area contributed by atoms with Gasteiger partial charge in [0, 0.05) is 6.54 Å². The van der Waals surface area contributed by atoms with Gasteiger partial charge in [-0.05, 0) is 36.4 Å². The van der Waals surface area contributed by atoms with Crippen LogP contribution in [0.4, 0.5) is 0 Å². The second-order valence-electron chi connectivity index (χ2n) is 6.08. The molecule has 0 aliphatic heterocycles. The van der Waals surface area contributed by atoms with Gasteiger partial charge in [-0.15, -0.1) is 0 Å². The van der Waals surface area contributed by atoms with Crippen molar-refractivity contribution in [1.82, 2.24) is 5.32 Å². The molecule has 18 heavy (non-hydrogen) atoms. The van der Waals surface area contributed by atoms with E-state index in [0.717, 1.165) is 12.1 Å². The number of hydrogen-bond donors (Lipinski definition) is 2. The van der Waals surface area contributed by atoms with E-state index in [1.54, 1.807) is 0 Å². The van der Waals surface area contributed by atoms with Crippen LogP contribution in [0.15, 0.2) is 24.3 Å². The van der Waals surface area contributed by atoms with E-state index >= 15 is 0 Å². The molecule has 2 heteroatoms. The first kappa shape index (κ1) is 15.2. The van der Waals surface area contributed by atoms with Crippen LogP contribution >= 0.6 is 0 Å². The predicted molar refractivity (Wildman–Crippen MR) is 77.8 cm³/mol. The Balaban J connectivity index is 2.66. The Morgan fingerprint density at radius 2 is 1.67 bits per heavy atom. The van der Waals surface area contributed by atoms with Gasteiger partial charge in [-0.25, -0.2) is 0 Å². The van der Waals surface area contributed by atoms with Crippen molar-refractivity contribution >= 4 is 0 Å². The Morgan fingerprint density at radius 3 is 2.11 bits per heavy atom. The maximum atomic E-state index is 10.5. The summed E-state index contributed by atoms with van der Waals surface area (Å²) in [7, 11) is 0. The molecule has 1 atom stereocenters. The van der Waals surface area contributed by atoms with Gasteiger partial charge in [-0.2, -0.15) is 0 Å². The minimum absolute atomic E-state index is 0.531. The zero-order valence-corrected chi connectivity index (χ0v) is 12.3. The lowest BCUT2D eigenvalue weighted by atomic mass is 9.93. The third-order valence-corrected chi connectivity index (χ3v) is 3.22. The van der Waals surface area contributed by atoms with E-state index in [1.807, 2.05) is 19.1 Å². The molecule has 2 nitrogen and oxygen atoms in total. The molecule has 0 radical (unpaired) electrons. The highest BCUT2D eigenvalue weighted by Gasteiger charge is 2.22. The monoisotopic (exact) mass is 249 g/mol. The lowest BCUT2D eigenvalue weighted by Crippen LogP contribution is -2.36. The highest BCUT2D eigenvalue weighted by molar-refractivity contribution is 5.28. The van der Waals surface area contributed by atoms with Gasteiger partial charge in [0.15, 0.2) is 0 Å². The third-order valence-electron chi connectivity index (χ3n) is 3.22. The van der Waals surface area contributed by atoms with Gasteiger partial charge in [0.25, 0.3) is 0 Å². The van der Waals surface area contributed by atoms with Crippen molar-refractivity contribution in [1.29, 1.82) is 0 Å². The highest BCUT2D eigenvalue weighted by Crippen LogP contribution is 2.22. The summed E-state index contributed by atoms with van der Waals surface area (Å²) in [5.41, 5.74) is 1.48. The summed E-state index contributed by atoms with van der Waals surface area (Å²) in [5.74, 6) is 1.13. The maximum Gasteiger partial charge on any atom is 0.0992 e. The van der Waals surface area contributed by atoms with Crippen LogP contribution in [0.3, 0.4) is 0 Å². The van der Waals surface area contributed by atoms with Gasteiger partial charge in [0.2, 0.25) is 0 Å². The molecule has 0 spiro atoms. The van der Waals surface area contributed by atoms with Crippen LogP contribution in [0.1, 0.15) is 51.7 Å². The molecule has 1 unspecified atom stereocenters. The quantitative estimate of drug-likeness (QED) is 0.811. The summed E-state index contributed by atoms with van der Waals surface area (Å²) in [6.45, 7) is 12.1. The summed E-state index contributed by atoms with van der Waals surface area (Å²) in [5, 5.41) is 13.8. The van der Waals surface area contributed by atoms with Crippen LogP contribution in [0.25, 0.3) is 0 Å². The largest absolute Gasteiger partial charge is 0.384 e. The van der Waals surface area contributed by atoms with E-state index in [1.165, 1.54) is 5.56 Å². The van der Waals surface area contributed by atoms with Crippen molar-refractivity contribution in [2.75, 3.05) is 13.1 Å². The molecule has 0 saturated heterocycles. The minimum atomic E-state index is -0.801. The molecule has 102 valence electrons. The van der Waals surface area contributed by atoms with E-state index in [9.17, 15) is 5.11 Å². The van der Waals surface area contributed by atoms with Gasteiger partial charge in [0.1, 0.15) is 0 Å². The standard InChI is InChI=1S/C16H27NO/c1-12(2)10-17-11-16(5,18)15-8-6-14(7-9-15)13(3)4/h6-9,12-13,17-18H,10-11H2,1-5H3. The average molecular weight is 249 g/mol. The SMILES string of the molecule is CC(C)CNCC(C)(O)c1ccc(C(C)C)cc1. The van der Waals surface area contributed by atoms with Crippen molar-refractivity contribution < 1.29 is 5.11 Å². The number of rotatable bonds is 6. The molecule has 0 saturated carbocycles. The molecular formula is C16H27NO. The normalized spacial score (nSPS) is 15.1. The number of aliphatic hydroxyl groups is 1. The highest BCUT2D eigenvalue weighted by atomic mass is 16.3. The smallest absolute Gasteiger partial charge is 0.0992 e. The molecule has 2 N–H and O–H groups in total. The number of nitrogens with one attached hydrogen (secondary N) is 1. The predicted octanol–water partition coefficient (Wildman–Crippen LogP) is 3.26. The van der Waals surface area contributed by atoms with E-state index < -0.39 is 5.60 Å². The lowest BCUT2D eigenvalue weighted by Gasteiger charge is -2.25. The number of hydrogen-bond acceptors (Lipinski definition) is 2. The fourth-order valence-electron chi connectivity index (χ4n) is 1.93. The van der Waals surface area contributed by atoms with Crippen molar-refractivity contribution in [3.63, 3.8) is 0 Å². The van der Waals surface area contributed by atoms with Gasteiger partial charge in [0.05, 0.1) is 5.60 Å². The Morgan fingerprint density at radius 1 is 1.11 bits per heavy atom. The average Bonchev–Trinajstić information content (AvgIpc) is 2.28. The molecule has 0 aromatic heterocycles. The Kier molecular flexibility index (Phi) is 5.36. The summed E-state index contributed by atoms with van der Waals surface area (Å²) in [4.78, 5) is 0. The van der Waals surface area contributed by atoms with Crippen molar-refractivity contribution in [3.8, 4) is 0 Å². The molecule has 0 aliphatic rings. The van der Waals surface area contributed by atoms with Crippen molar-refractivity contribution in [2.45, 2.75) is 46.1 Å². The lowest BCUT2D eigenvalue weighted by molar-refractivity contribution is 0.0564. The zero-order chi connectivity index (χ0) is 13.8. The maximum absolute atomic E-state index is 10.5. The third kappa shape index (κ3) is 4.43. The fraction of sp³-hybridized carbons (Fsp3) is 0.625. The molecule has 0 heterocycles. The minimum Gasteiger partial charge on any atom is -0.384 e. The van der Waals surface area contributed by atoms with Gasteiger partial charge in [-0.3, -0.25) is 0 Å². The molecule has 0 amide bonds. The Labute approximate surface area is 111 Å². The zero-order valence-electron chi connectivity index (χ0n) is 12.3. The van der Waals surface area contributed by atoms with E-state index in [-0.39, 0.29) is 0 Å². The first-order valence-electron chi connectivity index (χ1n) is 6.86. The molecular weight excluding hydrogens is 222 g/mol. The molecule has 0 fully saturated rings. The van der Waals surface area contributed by atoms with Crippen LogP contribution in [0, 0.1) is 5.92 Å². The molecule has 1 aromatic rings. The Bertz CT molecular complexity index is 352. The van der Waals surface area contributed by atoms with Gasteiger partial charge < -0.3 is 10.4 Å². The second-order valence-corrected chi connectivity index (χ2v) is 6.08. The molecule has 0 bridgehead atoms. The number of benzene rings is 1. The first-order valence-corrected chi connectivity index (χ1v) is 6.86. The van der Waals surface area contributed by atoms with E-state index in [4.69, 9.17) is 0 Å². The van der Waals surface area contributed by atoms with Crippen molar-refractivity contribution in [3.05, 3.63) is 35.4 Å². The fourth-order valence-corrected chi connectivity index (χ4v) is 1.93. The second kappa shape index (κ2) is 6.35. The Hall–Kier alpha value is -0.860. The van der Waals surface area contributed by atoms with Crippen LogP contribution in [0.5, 0.6) is 0 Å². The van der Waals surface area contributed by atoms with Crippen LogP contribution in [0.2, 0.25) is 0 Å². The van der Waals surface area contributed by atoms with Crippen LogP contribution in [-0.2, 0) is 5.60 Å². The molecule has 0 aliphatic carbocycles. The van der Waals surface area contributed by atoms with Gasteiger partial charge in [-0.1, -0.05) is 52.0 Å². The van der Waals surface area contributed by atoms with Crippen molar-refractivity contribution in [2.24, 2.45) is 5.92 Å². The summed E-state index contributed by atoms with van der Waals surface area (Å²) in [6.07, 6.45) is 0. The topological polar surface area (TPSA) is 32.3 Å². The van der Waals surface area contributed by atoms with Crippen LogP contribution in [-0.4, -0.2) is 18.2 Å². The summed E-state index contributed by atoms with van der Waals surface area (Å²) < 4.78 is 0. The van der Waals surface area contributed by atoms with E-state index in [2.05, 4.69) is 45.1 Å². The van der Waals surface area contributed by atoms with E-state index in [0.29, 0.717) is 18.4 Å².